The molecule has 2 heterocycles. The molecule has 0 unspecified atom stereocenters. The van der Waals surface area contributed by atoms with Crippen LogP contribution in [0.25, 0.3) is 10.2 Å². The van der Waals surface area contributed by atoms with Gasteiger partial charge in [-0.2, -0.15) is 0 Å². The van der Waals surface area contributed by atoms with Crippen LogP contribution in [0.3, 0.4) is 0 Å². The van der Waals surface area contributed by atoms with Crippen molar-refractivity contribution < 1.29 is 0 Å². The lowest BCUT2D eigenvalue weighted by molar-refractivity contribution is 0.282. The Hall–Kier alpha value is -0.940. The molecule has 1 fully saturated rings. The van der Waals surface area contributed by atoms with Crippen LogP contribution in [0, 0.1) is 10.7 Å². The second-order valence-electron chi connectivity index (χ2n) is 5.18. The fraction of sp³-hybridized carbons (Fsp3) is 0.538. The van der Waals surface area contributed by atoms with Crippen LogP contribution < -0.4 is 5.56 Å². The molecule has 0 aliphatic heterocycles. The van der Waals surface area contributed by atoms with Gasteiger partial charge in [0.05, 0.1) is 5.52 Å². The zero-order valence-electron chi connectivity index (χ0n) is 10.3. The molecular weight excluding hydrogens is 264 g/mol. The number of thiophene rings is 1. The number of rotatable bonds is 1. The zero-order chi connectivity index (χ0) is 12.7. The molecule has 0 radical (unpaired) electrons. The third-order valence-corrected chi connectivity index (χ3v) is 5.09. The van der Waals surface area contributed by atoms with Crippen LogP contribution in [-0.2, 0) is 0 Å². The summed E-state index contributed by atoms with van der Waals surface area (Å²) >= 11 is 6.85. The Balaban J connectivity index is 2.11. The monoisotopic (exact) mass is 280 g/mol. The average Bonchev–Trinajstić information content (AvgIpc) is 2.80. The minimum atomic E-state index is 0.0864. The molecule has 0 bridgehead atoms. The first-order chi connectivity index (χ1) is 8.66. The van der Waals surface area contributed by atoms with Crippen molar-refractivity contribution in [2.45, 2.75) is 38.6 Å². The summed E-state index contributed by atoms with van der Waals surface area (Å²) in [5.74, 6) is 0.778. The smallest absolute Gasteiger partial charge is 0.272 e. The van der Waals surface area contributed by atoms with Crippen LogP contribution >= 0.6 is 23.6 Å². The first kappa shape index (κ1) is 12.1. The summed E-state index contributed by atoms with van der Waals surface area (Å²) in [6.07, 6.45) is 4.51. The molecule has 1 N–H and O–H groups in total. The number of fused-ring (bicyclic) bond motifs is 1. The summed E-state index contributed by atoms with van der Waals surface area (Å²) in [6, 6.07) is 2.20. The van der Waals surface area contributed by atoms with E-state index in [2.05, 4.69) is 11.9 Å². The number of aromatic amines is 1. The number of hydrogen-bond acceptors (Lipinski definition) is 3. The summed E-state index contributed by atoms with van der Waals surface area (Å²) in [7, 11) is 0. The minimum Gasteiger partial charge on any atom is -0.331 e. The Morgan fingerprint density at radius 2 is 2.11 bits per heavy atom. The summed E-state index contributed by atoms with van der Waals surface area (Å²) in [5.41, 5.74) is 0.957. The highest BCUT2D eigenvalue weighted by Crippen LogP contribution is 2.31. The van der Waals surface area contributed by atoms with Gasteiger partial charge in [-0.05, 0) is 55.3 Å². The van der Waals surface area contributed by atoms with Gasteiger partial charge < -0.3 is 4.98 Å². The standard InChI is InChI=1S/C13H16N2OS2/c1-8-2-4-9(5-3-8)15-12(16)11-10(6-7-18-11)14-13(15)17/h6-9H,2-5H2,1H3,(H,14,17). The van der Waals surface area contributed by atoms with Gasteiger partial charge in [0, 0.05) is 6.04 Å². The van der Waals surface area contributed by atoms with Crippen LogP contribution in [0.15, 0.2) is 16.2 Å². The van der Waals surface area contributed by atoms with Gasteiger partial charge in [0.1, 0.15) is 4.70 Å². The lowest BCUT2D eigenvalue weighted by Crippen LogP contribution is -2.28. The zero-order valence-corrected chi connectivity index (χ0v) is 11.9. The average molecular weight is 280 g/mol. The van der Waals surface area contributed by atoms with Crippen LogP contribution in [0.4, 0.5) is 0 Å². The highest BCUT2D eigenvalue weighted by molar-refractivity contribution is 7.71. The van der Waals surface area contributed by atoms with Crippen molar-refractivity contribution in [2.24, 2.45) is 5.92 Å². The Kier molecular flexibility index (Phi) is 3.11. The van der Waals surface area contributed by atoms with E-state index in [1.165, 1.54) is 24.2 Å². The molecule has 3 rings (SSSR count). The Bertz CT molecular complexity index is 674. The molecule has 96 valence electrons. The molecule has 0 atom stereocenters. The maximum atomic E-state index is 12.5. The van der Waals surface area contributed by atoms with Gasteiger partial charge in [-0.25, -0.2) is 0 Å². The fourth-order valence-electron chi connectivity index (χ4n) is 2.78. The van der Waals surface area contributed by atoms with Crippen LogP contribution in [-0.4, -0.2) is 9.55 Å². The number of aromatic nitrogens is 2. The third kappa shape index (κ3) is 1.95. The fourth-order valence-corrected chi connectivity index (χ4v) is 3.91. The first-order valence-electron chi connectivity index (χ1n) is 6.39. The van der Waals surface area contributed by atoms with Crippen molar-refractivity contribution in [3.63, 3.8) is 0 Å². The Labute approximate surface area is 114 Å². The molecule has 2 aromatic rings. The van der Waals surface area contributed by atoms with Crippen LogP contribution in [0.5, 0.6) is 0 Å². The second kappa shape index (κ2) is 4.63. The van der Waals surface area contributed by atoms with Gasteiger partial charge in [0.25, 0.3) is 5.56 Å². The van der Waals surface area contributed by atoms with Crippen LogP contribution in [0.2, 0.25) is 0 Å². The van der Waals surface area contributed by atoms with Crippen molar-refractivity contribution in [3.8, 4) is 0 Å². The highest BCUT2D eigenvalue weighted by Gasteiger charge is 2.22. The summed E-state index contributed by atoms with van der Waals surface area (Å²) < 4.78 is 3.17. The predicted molar refractivity (Wildman–Crippen MR) is 77.9 cm³/mol. The maximum Gasteiger partial charge on any atom is 0.272 e. The van der Waals surface area contributed by atoms with Gasteiger partial charge in [0.15, 0.2) is 4.77 Å². The maximum absolute atomic E-state index is 12.5. The quantitative estimate of drug-likeness (QED) is 0.805. The van der Waals surface area contributed by atoms with E-state index in [1.807, 2.05) is 11.4 Å². The van der Waals surface area contributed by atoms with Gasteiger partial charge in [0.2, 0.25) is 0 Å². The molecule has 0 amide bonds. The van der Waals surface area contributed by atoms with Gasteiger partial charge in [-0.1, -0.05) is 6.92 Å². The van der Waals surface area contributed by atoms with Gasteiger partial charge in [-0.15, -0.1) is 11.3 Å². The summed E-state index contributed by atoms with van der Waals surface area (Å²) in [5, 5.41) is 1.94. The lowest BCUT2D eigenvalue weighted by Gasteiger charge is -2.27. The molecule has 2 aromatic heterocycles. The van der Waals surface area contributed by atoms with E-state index >= 15 is 0 Å². The minimum absolute atomic E-state index is 0.0864. The number of nitrogens with one attached hydrogen (secondary N) is 1. The van der Waals surface area contributed by atoms with E-state index in [4.69, 9.17) is 12.2 Å². The highest BCUT2D eigenvalue weighted by atomic mass is 32.1. The van der Waals surface area contributed by atoms with Crippen molar-refractivity contribution in [1.82, 2.24) is 9.55 Å². The normalized spacial score (nSPS) is 24.5. The largest absolute Gasteiger partial charge is 0.331 e. The summed E-state index contributed by atoms with van der Waals surface area (Å²) in [6.45, 7) is 2.28. The van der Waals surface area contributed by atoms with E-state index in [9.17, 15) is 4.79 Å². The van der Waals surface area contributed by atoms with Gasteiger partial charge >= 0.3 is 0 Å². The van der Waals surface area contributed by atoms with Crippen molar-refractivity contribution in [1.29, 1.82) is 0 Å². The molecule has 3 nitrogen and oxygen atoms in total. The number of hydrogen-bond donors (Lipinski definition) is 1. The molecule has 1 saturated carbocycles. The van der Waals surface area contributed by atoms with E-state index < -0.39 is 0 Å². The van der Waals surface area contributed by atoms with Crippen molar-refractivity contribution in [2.75, 3.05) is 0 Å². The Morgan fingerprint density at radius 1 is 1.39 bits per heavy atom. The molecule has 0 saturated heterocycles. The molecule has 5 heteroatoms. The summed E-state index contributed by atoms with van der Waals surface area (Å²) in [4.78, 5) is 15.7. The van der Waals surface area contributed by atoms with E-state index in [-0.39, 0.29) is 11.6 Å². The molecule has 1 aliphatic rings. The molecule has 0 aromatic carbocycles. The third-order valence-electron chi connectivity index (χ3n) is 3.89. The van der Waals surface area contributed by atoms with Crippen molar-refractivity contribution in [3.05, 3.63) is 26.6 Å². The predicted octanol–water partition coefficient (Wildman–Crippen LogP) is 3.87. The number of H-pyrrole nitrogens is 1. The second-order valence-corrected chi connectivity index (χ2v) is 6.49. The van der Waals surface area contributed by atoms with Gasteiger partial charge in [-0.3, -0.25) is 9.36 Å². The van der Waals surface area contributed by atoms with E-state index in [1.54, 1.807) is 4.57 Å². The molecular formula is C13H16N2OS2. The van der Waals surface area contributed by atoms with Crippen LogP contribution in [0.1, 0.15) is 38.6 Å². The van der Waals surface area contributed by atoms with E-state index in [0.717, 1.165) is 29.0 Å². The number of nitrogens with zero attached hydrogens (tertiary/aromatic N) is 1. The molecule has 18 heavy (non-hydrogen) atoms. The SMILES string of the molecule is CC1CCC(n2c(=S)[nH]c3ccsc3c2=O)CC1. The van der Waals surface area contributed by atoms with Crippen molar-refractivity contribution >= 4 is 33.8 Å². The molecule has 1 aliphatic carbocycles. The van der Waals surface area contributed by atoms with E-state index in [0.29, 0.717) is 4.77 Å². The topological polar surface area (TPSA) is 37.8 Å². The first-order valence-corrected chi connectivity index (χ1v) is 7.67. The Morgan fingerprint density at radius 3 is 2.83 bits per heavy atom. The lowest BCUT2D eigenvalue weighted by atomic mass is 9.87. The molecule has 0 spiro atoms.